The van der Waals surface area contributed by atoms with Crippen molar-refractivity contribution < 1.29 is 4.42 Å². The van der Waals surface area contributed by atoms with Crippen molar-refractivity contribution >= 4 is 43.5 Å². The standard InChI is InChI=1S/C42H32O/c1-25-17-18-30(31-20-22-40-38(24-31)34-13-9-10-16-39(34)43-40)23-37(25)42-27(3)26(2)41(35-14-7-8-15-36(35)42)33-21-19-29-11-5-6-12-32(29)28(33)4/h5-24H,1-4H3. The second-order valence-electron chi connectivity index (χ2n) is 11.8. The van der Waals surface area contributed by atoms with Crippen LogP contribution in [0.15, 0.2) is 126 Å². The van der Waals surface area contributed by atoms with Gasteiger partial charge in [0.05, 0.1) is 0 Å². The molecular weight excluding hydrogens is 520 g/mol. The lowest BCUT2D eigenvalue weighted by molar-refractivity contribution is 0.669. The van der Waals surface area contributed by atoms with Gasteiger partial charge in [-0.2, -0.15) is 0 Å². The summed E-state index contributed by atoms with van der Waals surface area (Å²) >= 11 is 0. The van der Waals surface area contributed by atoms with E-state index in [0.717, 1.165) is 21.9 Å². The summed E-state index contributed by atoms with van der Waals surface area (Å²) in [5, 5.41) is 7.51. The maximum absolute atomic E-state index is 6.11. The van der Waals surface area contributed by atoms with Gasteiger partial charge in [-0.25, -0.2) is 0 Å². The third-order valence-electron chi connectivity index (χ3n) is 9.46. The van der Waals surface area contributed by atoms with Crippen molar-refractivity contribution in [3.8, 4) is 33.4 Å². The van der Waals surface area contributed by atoms with Gasteiger partial charge in [0.15, 0.2) is 0 Å². The van der Waals surface area contributed by atoms with Gasteiger partial charge in [0, 0.05) is 10.8 Å². The van der Waals surface area contributed by atoms with Crippen LogP contribution in [0.25, 0.3) is 76.9 Å². The van der Waals surface area contributed by atoms with Crippen molar-refractivity contribution in [3.63, 3.8) is 0 Å². The molecule has 0 N–H and O–H groups in total. The molecule has 43 heavy (non-hydrogen) atoms. The number of aryl methyl sites for hydroxylation is 2. The molecule has 0 atom stereocenters. The molecule has 1 aromatic heterocycles. The molecule has 206 valence electrons. The molecule has 0 fully saturated rings. The summed E-state index contributed by atoms with van der Waals surface area (Å²) in [5.74, 6) is 0. The fraction of sp³-hybridized carbons (Fsp3) is 0.0952. The van der Waals surface area contributed by atoms with E-state index in [2.05, 4.69) is 137 Å². The quantitative estimate of drug-likeness (QED) is 0.212. The largest absolute Gasteiger partial charge is 0.456 e. The first-order valence-corrected chi connectivity index (χ1v) is 15.0. The lowest BCUT2D eigenvalue weighted by Gasteiger charge is -2.22. The fourth-order valence-corrected chi connectivity index (χ4v) is 7.07. The van der Waals surface area contributed by atoms with E-state index in [1.165, 1.54) is 77.2 Å². The molecule has 1 heterocycles. The number of para-hydroxylation sites is 1. The summed E-state index contributed by atoms with van der Waals surface area (Å²) in [6.45, 7) is 9.10. The number of rotatable bonds is 3. The number of fused-ring (bicyclic) bond motifs is 5. The first-order valence-electron chi connectivity index (χ1n) is 15.0. The van der Waals surface area contributed by atoms with Crippen LogP contribution in [0.1, 0.15) is 22.3 Å². The van der Waals surface area contributed by atoms with Crippen LogP contribution >= 0.6 is 0 Å². The molecule has 8 rings (SSSR count). The van der Waals surface area contributed by atoms with Crippen LogP contribution in [0, 0.1) is 27.7 Å². The number of benzene rings is 7. The van der Waals surface area contributed by atoms with Gasteiger partial charge in [0.25, 0.3) is 0 Å². The predicted molar refractivity (Wildman–Crippen MR) is 184 cm³/mol. The lowest BCUT2D eigenvalue weighted by atomic mass is 9.81. The van der Waals surface area contributed by atoms with Crippen LogP contribution in [0.3, 0.4) is 0 Å². The smallest absolute Gasteiger partial charge is 0.135 e. The van der Waals surface area contributed by atoms with Crippen molar-refractivity contribution in [1.82, 2.24) is 0 Å². The van der Waals surface area contributed by atoms with E-state index < -0.39 is 0 Å². The van der Waals surface area contributed by atoms with Crippen LogP contribution < -0.4 is 0 Å². The summed E-state index contributed by atoms with van der Waals surface area (Å²) in [6, 6.07) is 44.0. The summed E-state index contributed by atoms with van der Waals surface area (Å²) in [7, 11) is 0. The molecule has 1 heteroatoms. The van der Waals surface area contributed by atoms with Gasteiger partial charge < -0.3 is 4.42 Å². The molecule has 1 nitrogen and oxygen atoms in total. The Kier molecular flexibility index (Phi) is 5.77. The lowest BCUT2D eigenvalue weighted by Crippen LogP contribution is -1.98. The normalized spacial score (nSPS) is 11.7. The third-order valence-corrected chi connectivity index (χ3v) is 9.46. The molecule has 0 saturated carbocycles. The molecule has 0 spiro atoms. The van der Waals surface area contributed by atoms with E-state index in [0.29, 0.717) is 0 Å². The van der Waals surface area contributed by atoms with Crippen LogP contribution in [0.2, 0.25) is 0 Å². The maximum Gasteiger partial charge on any atom is 0.135 e. The Morgan fingerprint density at radius 2 is 0.977 bits per heavy atom. The summed E-state index contributed by atoms with van der Waals surface area (Å²) in [6.07, 6.45) is 0. The van der Waals surface area contributed by atoms with Crippen molar-refractivity contribution in [2.45, 2.75) is 27.7 Å². The molecule has 0 bridgehead atoms. The van der Waals surface area contributed by atoms with Crippen LogP contribution in [0.4, 0.5) is 0 Å². The van der Waals surface area contributed by atoms with Crippen LogP contribution in [-0.4, -0.2) is 0 Å². The van der Waals surface area contributed by atoms with E-state index >= 15 is 0 Å². The minimum absolute atomic E-state index is 0.925. The highest BCUT2D eigenvalue weighted by Crippen LogP contribution is 2.45. The van der Waals surface area contributed by atoms with Gasteiger partial charge in [-0.1, -0.05) is 97.1 Å². The first-order chi connectivity index (χ1) is 21.0. The van der Waals surface area contributed by atoms with Gasteiger partial charge in [0.2, 0.25) is 0 Å². The minimum Gasteiger partial charge on any atom is -0.456 e. The van der Waals surface area contributed by atoms with Gasteiger partial charge in [0.1, 0.15) is 11.2 Å². The Bertz CT molecular complexity index is 2380. The van der Waals surface area contributed by atoms with E-state index in [-0.39, 0.29) is 0 Å². The molecule has 7 aromatic carbocycles. The van der Waals surface area contributed by atoms with Crippen LogP contribution in [0.5, 0.6) is 0 Å². The molecule has 0 aliphatic carbocycles. The second-order valence-corrected chi connectivity index (χ2v) is 11.8. The van der Waals surface area contributed by atoms with Crippen molar-refractivity contribution in [1.29, 1.82) is 0 Å². The highest BCUT2D eigenvalue weighted by atomic mass is 16.3. The summed E-state index contributed by atoms with van der Waals surface area (Å²) in [4.78, 5) is 0. The van der Waals surface area contributed by atoms with E-state index in [1.807, 2.05) is 12.1 Å². The second kappa shape index (κ2) is 9.71. The predicted octanol–water partition coefficient (Wildman–Crippen LogP) is 12.1. The number of hydrogen-bond acceptors (Lipinski definition) is 1. The van der Waals surface area contributed by atoms with Gasteiger partial charge in [-0.15, -0.1) is 0 Å². The molecule has 0 radical (unpaired) electrons. The van der Waals surface area contributed by atoms with Crippen LogP contribution in [-0.2, 0) is 0 Å². The van der Waals surface area contributed by atoms with Crippen molar-refractivity contribution in [2.24, 2.45) is 0 Å². The highest BCUT2D eigenvalue weighted by molar-refractivity contribution is 6.10. The zero-order valence-electron chi connectivity index (χ0n) is 25.0. The molecule has 0 unspecified atom stereocenters. The minimum atomic E-state index is 0.925. The Balaban J connectivity index is 1.35. The molecule has 0 amide bonds. The molecule has 0 saturated heterocycles. The van der Waals surface area contributed by atoms with E-state index in [1.54, 1.807) is 0 Å². The molecule has 8 aromatic rings. The number of hydrogen-bond donors (Lipinski definition) is 0. The fourth-order valence-electron chi connectivity index (χ4n) is 7.07. The summed E-state index contributed by atoms with van der Waals surface area (Å²) < 4.78 is 6.11. The highest BCUT2D eigenvalue weighted by Gasteiger charge is 2.20. The first kappa shape index (κ1) is 25.6. The number of furan rings is 1. The van der Waals surface area contributed by atoms with Gasteiger partial charge >= 0.3 is 0 Å². The van der Waals surface area contributed by atoms with Gasteiger partial charge in [-0.05, 0) is 129 Å². The van der Waals surface area contributed by atoms with Gasteiger partial charge in [-0.3, -0.25) is 0 Å². The third kappa shape index (κ3) is 3.92. The zero-order chi connectivity index (χ0) is 29.2. The Morgan fingerprint density at radius 3 is 1.74 bits per heavy atom. The molecule has 0 aliphatic heterocycles. The zero-order valence-corrected chi connectivity index (χ0v) is 25.0. The average molecular weight is 553 g/mol. The molecular formula is C42H32O. The SMILES string of the molecule is Cc1ccc(-c2ccc3oc4ccccc4c3c2)cc1-c1c(C)c(C)c(-c2ccc3ccccc3c2C)c2ccccc12. The Labute approximate surface area is 252 Å². The average Bonchev–Trinajstić information content (AvgIpc) is 3.41. The Morgan fingerprint density at radius 1 is 0.395 bits per heavy atom. The van der Waals surface area contributed by atoms with E-state index in [9.17, 15) is 0 Å². The molecule has 0 aliphatic rings. The summed E-state index contributed by atoms with van der Waals surface area (Å²) in [5.41, 5.74) is 14.8. The maximum atomic E-state index is 6.11. The Hall–Kier alpha value is -5.14. The monoisotopic (exact) mass is 552 g/mol. The topological polar surface area (TPSA) is 13.1 Å². The van der Waals surface area contributed by atoms with Crippen molar-refractivity contribution in [2.75, 3.05) is 0 Å². The van der Waals surface area contributed by atoms with Crippen molar-refractivity contribution in [3.05, 3.63) is 144 Å². The van der Waals surface area contributed by atoms with E-state index in [4.69, 9.17) is 4.42 Å².